The summed E-state index contributed by atoms with van der Waals surface area (Å²) < 4.78 is 25.4. The van der Waals surface area contributed by atoms with Crippen LogP contribution in [-0.2, 0) is 20.8 Å². The lowest BCUT2D eigenvalue weighted by Gasteiger charge is -2.23. The second-order valence-corrected chi connectivity index (χ2v) is 7.73. The number of aromatic nitrogens is 5. The Morgan fingerprint density at radius 3 is 2.87 bits per heavy atom. The van der Waals surface area contributed by atoms with E-state index in [-0.39, 0.29) is 12.3 Å². The van der Waals surface area contributed by atoms with Crippen LogP contribution < -0.4 is 4.74 Å². The zero-order chi connectivity index (χ0) is 20.3. The van der Waals surface area contributed by atoms with Crippen LogP contribution in [0.1, 0.15) is 32.4 Å². The molecular weight excluding hydrogens is 386 g/mol. The van der Waals surface area contributed by atoms with Gasteiger partial charge in [0.25, 0.3) is 0 Å². The maximum atomic E-state index is 6.09. The Hall–Kier alpha value is -2.49. The maximum absolute atomic E-state index is 6.09. The van der Waals surface area contributed by atoms with E-state index in [9.17, 15) is 0 Å². The fraction of sp³-hybridized carbons (Fsp3) is 0.571. The molecule has 9 nitrogen and oxygen atoms in total. The van der Waals surface area contributed by atoms with Gasteiger partial charge in [-0.05, 0) is 44.4 Å². The first-order valence-corrected chi connectivity index (χ1v) is 10.6. The molecule has 2 aliphatic rings. The molecule has 0 saturated carbocycles. The number of fused-ring (bicyclic) bond motifs is 4. The Kier molecular flexibility index (Phi) is 5.65. The normalized spacial score (nSPS) is 23.5. The highest BCUT2D eigenvalue weighted by Crippen LogP contribution is 2.34. The van der Waals surface area contributed by atoms with Crippen molar-refractivity contribution in [2.45, 2.75) is 45.1 Å². The van der Waals surface area contributed by atoms with Crippen molar-refractivity contribution in [1.29, 1.82) is 0 Å². The Morgan fingerprint density at radius 2 is 1.97 bits per heavy atom. The Bertz CT molecular complexity index is 995. The van der Waals surface area contributed by atoms with Crippen molar-refractivity contribution < 1.29 is 18.9 Å². The summed E-state index contributed by atoms with van der Waals surface area (Å²) in [5, 5.41) is 14.9. The molecule has 0 aliphatic carbocycles. The molecule has 2 aliphatic heterocycles. The van der Waals surface area contributed by atoms with Gasteiger partial charge < -0.3 is 18.9 Å². The molecule has 3 aromatic rings. The van der Waals surface area contributed by atoms with Crippen LogP contribution in [0.5, 0.6) is 5.75 Å². The van der Waals surface area contributed by atoms with Gasteiger partial charge in [0.2, 0.25) is 0 Å². The molecule has 2 atom stereocenters. The number of ether oxygens (including phenoxy) is 4. The van der Waals surface area contributed by atoms with Crippen LogP contribution in [0.2, 0.25) is 0 Å². The highest BCUT2D eigenvalue weighted by atomic mass is 16.5. The molecule has 160 valence electrons. The third-order valence-corrected chi connectivity index (χ3v) is 5.38. The van der Waals surface area contributed by atoms with Gasteiger partial charge in [0, 0.05) is 12.0 Å². The zero-order valence-electron chi connectivity index (χ0n) is 17.2. The topological polar surface area (TPSA) is 85.5 Å². The zero-order valence-corrected chi connectivity index (χ0v) is 17.2. The average Bonchev–Trinajstić information content (AvgIpc) is 3.37. The molecule has 0 spiro atoms. The summed E-state index contributed by atoms with van der Waals surface area (Å²) in [6, 6.07) is 6.06. The largest absolute Gasteiger partial charge is 0.488 e. The molecule has 0 amide bonds. The van der Waals surface area contributed by atoms with Gasteiger partial charge in [0.15, 0.2) is 6.23 Å². The van der Waals surface area contributed by atoms with Crippen LogP contribution in [0.4, 0.5) is 0 Å². The van der Waals surface area contributed by atoms with Gasteiger partial charge >= 0.3 is 0 Å². The molecule has 0 radical (unpaired) electrons. The first-order valence-electron chi connectivity index (χ1n) is 10.6. The minimum Gasteiger partial charge on any atom is -0.488 e. The maximum Gasteiger partial charge on any atom is 0.150 e. The first kappa shape index (κ1) is 19.5. The molecule has 30 heavy (non-hydrogen) atoms. The molecule has 4 bridgehead atoms. The van der Waals surface area contributed by atoms with E-state index < -0.39 is 0 Å². The lowest BCUT2D eigenvalue weighted by atomic mass is 10.1. The molecule has 1 aromatic carbocycles. The number of rotatable bonds is 1. The monoisotopic (exact) mass is 413 g/mol. The predicted molar refractivity (Wildman–Crippen MR) is 109 cm³/mol. The molecular formula is C21H27N5O4. The fourth-order valence-electron chi connectivity index (χ4n) is 3.91. The van der Waals surface area contributed by atoms with Crippen LogP contribution in [-0.4, -0.2) is 63.9 Å². The van der Waals surface area contributed by atoms with Gasteiger partial charge in [-0.1, -0.05) is 0 Å². The van der Waals surface area contributed by atoms with E-state index in [2.05, 4.69) is 10.2 Å². The summed E-state index contributed by atoms with van der Waals surface area (Å²) in [6.07, 6.45) is 4.80. The van der Waals surface area contributed by atoms with Crippen LogP contribution >= 0.6 is 0 Å². The van der Waals surface area contributed by atoms with Crippen molar-refractivity contribution in [2.75, 3.05) is 33.0 Å². The van der Waals surface area contributed by atoms with E-state index in [1.54, 1.807) is 11.0 Å². The number of hydrogen-bond donors (Lipinski definition) is 0. The third-order valence-electron chi connectivity index (χ3n) is 5.38. The fourth-order valence-corrected chi connectivity index (χ4v) is 3.91. The summed E-state index contributed by atoms with van der Waals surface area (Å²) in [6.45, 7) is 5.43. The van der Waals surface area contributed by atoms with Crippen LogP contribution in [0.15, 0.2) is 24.4 Å². The SMILES string of the molecule is C[C@@H]1COCCOCCn2ncc(n2)-c2nn(C3CCCCO3)c3ccc(cc23)O1. The molecule has 9 heteroatoms. The highest BCUT2D eigenvalue weighted by Gasteiger charge is 2.23. The quantitative estimate of drug-likeness (QED) is 0.606. The van der Waals surface area contributed by atoms with Crippen molar-refractivity contribution in [1.82, 2.24) is 24.8 Å². The molecule has 1 fully saturated rings. The van der Waals surface area contributed by atoms with Crippen molar-refractivity contribution >= 4 is 10.9 Å². The first-order chi connectivity index (χ1) is 14.8. The molecule has 0 N–H and O–H groups in total. The van der Waals surface area contributed by atoms with E-state index in [4.69, 9.17) is 24.0 Å². The molecule has 5 rings (SSSR count). The smallest absolute Gasteiger partial charge is 0.150 e. The van der Waals surface area contributed by atoms with E-state index in [1.165, 1.54) is 0 Å². The van der Waals surface area contributed by atoms with E-state index >= 15 is 0 Å². The standard InChI is InChI=1S/C21H27N5O4/c1-15-14-28-11-10-27-9-7-25-22-13-18(23-25)21-17-12-16(30-15)5-6-19(17)26(24-21)20-4-2-3-8-29-20/h5-6,12-13,15,20H,2-4,7-11,14H2,1H3/t15-,20?/m1/s1. The Labute approximate surface area is 174 Å². The third kappa shape index (κ3) is 4.05. The van der Waals surface area contributed by atoms with Gasteiger partial charge in [-0.25, -0.2) is 4.68 Å². The molecule has 2 aromatic heterocycles. The van der Waals surface area contributed by atoms with Crippen molar-refractivity contribution in [3.05, 3.63) is 24.4 Å². The van der Waals surface area contributed by atoms with E-state index in [0.29, 0.717) is 33.0 Å². The van der Waals surface area contributed by atoms with Crippen molar-refractivity contribution in [3.8, 4) is 17.1 Å². The lowest BCUT2D eigenvalue weighted by molar-refractivity contribution is -0.0365. The Balaban J connectivity index is 1.57. The number of benzene rings is 1. The van der Waals surface area contributed by atoms with Crippen molar-refractivity contribution in [3.63, 3.8) is 0 Å². The Morgan fingerprint density at radius 1 is 1.03 bits per heavy atom. The van der Waals surface area contributed by atoms with Crippen LogP contribution in [0.3, 0.4) is 0 Å². The van der Waals surface area contributed by atoms with Gasteiger partial charge in [0.05, 0.1) is 44.7 Å². The van der Waals surface area contributed by atoms with Crippen LogP contribution in [0, 0.1) is 0 Å². The summed E-state index contributed by atoms with van der Waals surface area (Å²) in [5.74, 6) is 0.777. The minimum absolute atomic E-state index is 0.0633. The van der Waals surface area contributed by atoms with Gasteiger partial charge in [-0.3, -0.25) is 0 Å². The van der Waals surface area contributed by atoms with E-state index in [1.807, 2.05) is 29.8 Å². The van der Waals surface area contributed by atoms with Gasteiger partial charge in [-0.15, -0.1) is 0 Å². The lowest BCUT2D eigenvalue weighted by Crippen LogP contribution is -2.21. The molecule has 1 unspecified atom stereocenters. The van der Waals surface area contributed by atoms with Crippen LogP contribution in [0.25, 0.3) is 22.3 Å². The summed E-state index contributed by atoms with van der Waals surface area (Å²) >= 11 is 0. The van der Waals surface area contributed by atoms with Gasteiger partial charge in [-0.2, -0.15) is 20.1 Å². The highest BCUT2D eigenvalue weighted by molar-refractivity contribution is 5.93. The van der Waals surface area contributed by atoms with Gasteiger partial charge in [0.1, 0.15) is 23.2 Å². The van der Waals surface area contributed by atoms with E-state index in [0.717, 1.165) is 53.9 Å². The second-order valence-electron chi connectivity index (χ2n) is 7.73. The average molecular weight is 413 g/mol. The summed E-state index contributed by atoms with van der Waals surface area (Å²) in [4.78, 5) is 1.65. The minimum atomic E-state index is -0.0728. The molecule has 4 heterocycles. The summed E-state index contributed by atoms with van der Waals surface area (Å²) in [5.41, 5.74) is 2.52. The number of hydrogen-bond acceptors (Lipinski definition) is 7. The van der Waals surface area contributed by atoms with Crippen molar-refractivity contribution in [2.24, 2.45) is 0 Å². The summed E-state index contributed by atoms with van der Waals surface area (Å²) in [7, 11) is 0. The molecule has 1 saturated heterocycles. The number of nitrogens with zero attached hydrogens (tertiary/aromatic N) is 5. The predicted octanol–water partition coefficient (Wildman–Crippen LogP) is 2.81. The second kappa shape index (κ2) is 8.71.